The van der Waals surface area contributed by atoms with Crippen molar-refractivity contribution in [1.82, 2.24) is 9.97 Å². The zero-order chi connectivity index (χ0) is 12.4. The number of aromatic nitrogens is 2. The molecule has 0 saturated carbocycles. The smallest absolute Gasteiger partial charge is 0.136 e. The molecular formula is C14H15ClN2S. The van der Waals surface area contributed by atoms with Crippen molar-refractivity contribution in [3.05, 3.63) is 44.6 Å². The summed E-state index contributed by atoms with van der Waals surface area (Å²) in [5, 5.41) is 2.76. The Labute approximate surface area is 116 Å². The number of halogens is 1. The van der Waals surface area contributed by atoms with Gasteiger partial charge in [-0.05, 0) is 37.1 Å². The van der Waals surface area contributed by atoms with Crippen LogP contribution in [0.4, 0.5) is 0 Å². The third-order valence-electron chi connectivity index (χ3n) is 3.34. The van der Waals surface area contributed by atoms with Gasteiger partial charge in [-0.3, -0.25) is 0 Å². The van der Waals surface area contributed by atoms with E-state index in [1.54, 1.807) is 11.3 Å². The summed E-state index contributed by atoms with van der Waals surface area (Å²) < 4.78 is 0. The Balaban J connectivity index is 1.92. The maximum atomic E-state index is 6.31. The van der Waals surface area contributed by atoms with Crippen LogP contribution >= 0.6 is 22.9 Å². The van der Waals surface area contributed by atoms with Gasteiger partial charge in [-0.2, -0.15) is 0 Å². The number of rotatable bonds is 2. The molecule has 0 N–H and O–H groups in total. The Morgan fingerprint density at radius 1 is 1.17 bits per heavy atom. The van der Waals surface area contributed by atoms with Crippen LogP contribution in [0.1, 0.15) is 41.2 Å². The lowest BCUT2D eigenvalue weighted by Gasteiger charge is -2.08. The topological polar surface area (TPSA) is 25.8 Å². The fourth-order valence-corrected chi connectivity index (χ4v) is 3.42. The lowest BCUT2D eigenvalue weighted by molar-refractivity contribution is 0.708. The molecule has 0 fully saturated rings. The molecule has 2 aromatic rings. The van der Waals surface area contributed by atoms with E-state index in [-0.39, 0.29) is 0 Å². The van der Waals surface area contributed by atoms with Crippen molar-refractivity contribution in [2.24, 2.45) is 0 Å². The van der Waals surface area contributed by atoms with Crippen LogP contribution in [0.15, 0.2) is 17.5 Å². The summed E-state index contributed by atoms with van der Waals surface area (Å²) in [5.41, 5.74) is 2.36. The van der Waals surface area contributed by atoms with Crippen LogP contribution in [0.25, 0.3) is 0 Å². The second-order valence-corrected chi connectivity index (χ2v) is 6.06. The number of hydrogen-bond donors (Lipinski definition) is 0. The van der Waals surface area contributed by atoms with Gasteiger partial charge in [0.1, 0.15) is 11.0 Å². The van der Waals surface area contributed by atoms with Crippen molar-refractivity contribution in [1.29, 1.82) is 0 Å². The second kappa shape index (κ2) is 5.37. The summed E-state index contributed by atoms with van der Waals surface area (Å²) in [4.78, 5) is 10.5. The standard InChI is InChI=1S/C14H15ClN2S/c15-14-11-6-2-1-3-7-12(11)16-13(17-14)9-10-5-4-8-18-10/h4-5,8H,1-3,6-7,9H2. The van der Waals surface area contributed by atoms with Gasteiger partial charge in [0.2, 0.25) is 0 Å². The van der Waals surface area contributed by atoms with Crippen molar-refractivity contribution in [2.45, 2.75) is 38.5 Å². The van der Waals surface area contributed by atoms with Gasteiger partial charge in [-0.1, -0.05) is 24.1 Å². The maximum Gasteiger partial charge on any atom is 0.136 e. The van der Waals surface area contributed by atoms with Crippen LogP contribution in [-0.2, 0) is 19.3 Å². The monoisotopic (exact) mass is 278 g/mol. The lowest BCUT2D eigenvalue weighted by Crippen LogP contribution is -2.05. The van der Waals surface area contributed by atoms with E-state index in [0.717, 1.165) is 25.1 Å². The van der Waals surface area contributed by atoms with Crippen molar-refractivity contribution in [2.75, 3.05) is 0 Å². The van der Waals surface area contributed by atoms with Crippen molar-refractivity contribution < 1.29 is 0 Å². The fraction of sp³-hybridized carbons (Fsp3) is 0.429. The number of thiophene rings is 1. The Morgan fingerprint density at radius 2 is 2.06 bits per heavy atom. The largest absolute Gasteiger partial charge is 0.237 e. The minimum atomic E-state index is 0.674. The molecule has 1 aliphatic rings. The SMILES string of the molecule is Clc1nc(Cc2cccs2)nc2c1CCCCC2. The summed E-state index contributed by atoms with van der Waals surface area (Å²) in [6, 6.07) is 4.18. The van der Waals surface area contributed by atoms with Gasteiger partial charge in [0.25, 0.3) is 0 Å². The second-order valence-electron chi connectivity index (χ2n) is 4.67. The maximum absolute atomic E-state index is 6.31. The Morgan fingerprint density at radius 3 is 2.89 bits per heavy atom. The van der Waals surface area contributed by atoms with E-state index in [1.807, 2.05) is 0 Å². The molecule has 0 amide bonds. The molecule has 0 aliphatic heterocycles. The highest BCUT2D eigenvalue weighted by molar-refractivity contribution is 7.09. The molecule has 4 heteroatoms. The van der Waals surface area contributed by atoms with Crippen molar-refractivity contribution >= 4 is 22.9 Å². The average molecular weight is 279 g/mol. The van der Waals surface area contributed by atoms with E-state index >= 15 is 0 Å². The Bertz CT molecular complexity index is 537. The summed E-state index contributed by atoms with van der Waals surface area (Å²) in [6.07, 6.45) is 6.58. The van der Waals surface area contributed by atoms with Crippen molar-refractivity contribution in [3.8, 4) is 0 Å². The zero-order valence-electron chi connectivity index (χ0n) is 10.2. The quantitative estimate of drug-likeness (QED) is 0.612. The molecule has 0 unspecified atom stereocenters. The molecule has 3 rings (SSSR count). The summed E-state index contributed by atoms with van der Waals surface area (Å²) in [7, 11) is 0. The third-order valence-corrected chi connectivity index (χ3v) is 4.53. The minimum Gasteiger partial charge on any atom is -0.237 e. The zero-order valence-corrected chi connectivity index (χ0v) is 11.7. The first-order chi connectivity index (χ1) is 8.83. The van der Waals surface area contributed by atoms with Crippen LogP contribution in [0.2, 0.25) is 5.15 Å². The minimum absolute atomic E-state index is 0.674. The fourth-order valence-electron chi connectivity index (χ4n) is 2.42. The van der Waals surface area contributed by atoms with Gasteiger partial charge in [0.15, 0.2) is 0 Å². The highest BCUT2D eigenvalue weighted by Crippen LogP contribution is 2.25. The number of aryl methyl sites for hydroxylation is 1. The molecule has 2 heterocycles. The highest BCUT2D eigenvalue weighted by Gasteiger charge is 2.15. The first-order valence-corrected chi connectivity index (χ1v) is 7.65. The van der Waals surface area contributed by atoms with Crippen LogP contribution in [0.5, 0.6) is 0 Å². The van der Waals surface area contributed by atoms with E-state index in [1.165, 1.54) is 35.4 Å². The van der Waals surface area contributed by atoms with Gasteiger partial charge < -0.3 is 0 Å². The predicted octanol–water partition coefficient (Wildman–Crippen LogP) is 4.05. The van der Waals surface area contributed by atoms with E-state index in [0.29, 0.717) is 5.15 Å². The molecule has 1 aliphatic carbocycles. The first-order valence-electron chi connectivity index (χ1n) is 6.39. The van der Waals surface area contributed by atoms with E-state index in [9.17, 15) is 0 Å². The third kappa shape index (κ3) is 2.57. The molecule has 0 saturated heterocycles. The number of hydrogen-bond acceptors (Lipinski definition) is 3. The average Bonchev–Trinajstić information content (AvgIpc) is 2.73. The summed E-state index contributed by atoms with van der Waals surface area (Å²) in [5.74, 6) is 0.864. The summed E-state index contributed by atoms with van der Waals surface area (Å²) >= 11 is 8.05. The predicted molar refractivity (Wildman–Crippen MR) is 75.4 cm³/mol. The van der Waals surface area contributed by atoms with Crippen LogP contribution in [0.3, 0.4) is 0 Å². The summed E-state index contributed by atoms with van der Waals surface area (Å²) in [6.45, 7) is 0. The highest BCUT2D eigenvalue weighted by atomic mass is 35.5. The molecule has 2 aromatic heterocycles. The van der Waals surface area contributed by atoms with Gasteiger partial charge in [-0.15, -0.1) is 11.3 Å². The van der Waals surface area contributed by atoms with Crippen LogP contribution in [0, 0.1) is 0 Å². The number of nitrogens with zero attached hydrogens (tertiary/aromatic N) is 2. The van der Waals surface area contributed by atoms with E-state index in [4.69, 9.17) is 16.6 Å². The van der Waals surface area contributed by atoms with Crippen LogP contribution < -0.4 is 0 Å². The van der Waals surface area contributed by atoms with Gasteiger partial charge in [-0.25, -0.2) is 9.97 Å². The van der Waals surface area contributed by atoms with Gasteiger partial charge in [0, 0.05) is 22.6 Å². The van der Waals surface area contributed by atoms with Gasteiger partial charge in [0.05, 0.1) is 0 Å². The van der Waals surface area contributed by atoms with E-state index < -0.39 is 0 Å². The Hall–Kier alpha value is -0.930. The Kier molecular flexibility index (Phi) is 3.62. The van der Waals surface area contributed by atoms with Gasteiger partial charge >= 0.3 is 0 Å². The molecule has 0 radical (unpaired) electrons. The van der Waals surface area contributed by atoms with Crippen molar-refractivity contribution in [3.63, 3.8) is 0 Å². The molecule has 94 valence electrons. The first kappa shape index (κ1) is 12.1. The van der Waals surface area contributed by atoms with E-state index in [2.05, 4.69) is 22.5 Å². The molecule has 0 spiro atoms. The number of fused-ring (bicyclic) bond motifs is 1. The lowest BCUT2D eigenvalue weighted by atomic mass is 10.1. The normalized spacial score (nSPS) is 15.2. The molecule has 0 atom stereocenters. The molecule has 0 aromatic carbocycles. The molecule has 0 bridgehead atoms. The molecule has 2 nitrogen and oxygen atoms in total. The van der Waals surface area contributed by atoms with Crippen LogP contribution in [-0.4, -0.2) is 9.97 Å². The molecule has 18 heavy (non-hydrogen) atoms. The molecular weight excluding hydrogens is 264 g/mol.